The fourth-order valence-corrected chi connectivity index (χ4v) is 2.37. The Morgan fingerprint density at radius 1 is 0.905 bits per heavy atom. The largest absolute Gasteiger partial charge is 0.426 e. The quantitative estimate of drug-likeness (QED) is 0.811. The highest BCUT2D eigenvalue weighted by Gasteiger charge is 2.35. The van der Waals surface area contributed by atoms with Crippen LogP contribution in [-0.4, -0.2) is 11.9 Å². The van der Waals surface area contributed by atoms with Gasteiger partial charge >= 0.3 is 11.9 Å². The van der Waals surface area contributed by atoms with Gasteiger partial charge < -0.3 is 4.74 Å². The first-order valence-electron chi connectivity index (χ1n) is 6.45. The van der Waals surface area contributed by atoms with Gasteiger partial charge in [-0.05, 0) is 29.3 Å². The summed E-state index contributed by atoms with van der Waals surface area (Å²) < 4.78 is 5.26. The Hall–Kier alpha value is -2.88. The zero-order chi connectivity index (χ0) is 14.8. The Labute approximate surface area is 121 Å². The average molecular weight is 279 g/mol. The van der Waals surface area contributed by atoms with E-state index in [0.29, 0.717) is 11.1 Å². The van der Waals surface area contributed by atoms with E-state index < -0.39 is 17.9 Å². The van der Waals surface area contributed by atoms with Gasteiger partial charge in [0.1, 0.15) is 11.7 Å². The van der Waals surface area contributed by atoms with Crippen molar-refractivity contribution in [3.8, 4) is 0 Å². The summed E-state index contributed by atoms with van der Waals surface area (Å²) in [6, 6.07) is 15.4. The predicted octanol–water partition coefficient (Wildman–Crippen LogP) is 2.94. The van der Waals surface area contributed by atoms with Crippen LogP contribution in [0, 0.1) is 0 Å². The zero-order valence-electron chi connectivity index (χ0n) is 11.0. The third-order valence-electron chi connectivity index (χ3n) is 3.35. The highest BCUT2D eigenvalue weighted by Crippen LogP contribution is 2.37. The van der Waals surface area contributed by atoms with E-state index >= 15 is 0 Å². The molecule has 0 saturated carbocycles. The second-order valence-electron chi connectivity index (χ2n) is 4.68. The standard InChI is InChI=1S/C17H11O4/c18-16(19)15-13-9-5-4-8-12(13)10-14(15)21-17(20)11-6-2-1-3-7-11/h1-10,15H. The van der Waals surface area contributed by atoms with Gasteiger partial charge in [-0.3, -0.25) is 0 Å². The smallest absolute Gasteiger partial charge is 0.370 e. The van der Waals surface area contributed by atoms with E-state index in [1.54, 1.807) is 60.7 Å². The summed E-state index contributed by atoms with van der Waals surface area (Å²) in [6.45, 7) is 0. The van der Waals surface area contributed by atoms with Crippen LogP contribution in [0.3, 0.4) is 0 Å². The molecule has 4 nitrogen and oxygen atoms in total. The molecule has 0 spiro atoms. The fourth-order valence-electron chi connectivity index (χ4n) is 2.37. The molecule has 2 aromatic carbocycles. The highest BCUT2D eigenvalue weighted by molar-refractivity contribution is 5.93. The predicted molar refractivity (Wildman–Crippen MR) is 74.7 cm³/mol. The van der Waals surface area contributed by atoms with Gasteiger partial charge in [-0.1, -0.05) is 42.5 Å². The Kier molecular flexibility index (Phi) is 3.28. The van der Waals surface area contributed by atoms with Crippen molar-refractivity contribution in [3.63, 3.8) is 0 Å². The molecule has 21 heavy (non-hydrogen) atoms. The second-order valence-corrected chi connectivity index (χ2v) is 4.68. The number of ether oxygens (including phenoxy) is 1. The van der Waals surface area contributed by atoms with E-state index in [1.807, 2.05) is 0 Å². The molecular weight excluding hydrogens is 268 g/mol. The number of hydrogen-bond donors (Lipinski definition) is 0. The van der Waals surface area contributed by atoms with Crippen molar-refractivity contribution in [2.45, 2.75) is 5.92 Å². The van der Waals surface area contributed by atoms with Crippen LogP contribution in [0.15, 0.2) is 60.4 Å². The van der Waals surface area contributed by atoms with Crippen LogP contribution in [0.5, 0.6) is 0 Å². The van der Waals surface area contributed by atoms with Crippen molar-refractivity contribution in [2.24, 2.45) is 0 Å². The summed E-state index contributed by atoms with van der Waals surface area (Å²) in [5, 5.41) is 11.3. The molecule has 0 saturated heterocycles. The topological polar surface area (TPSA) is 63.3 Å². The molecule has 0 N–H and O–H groups in total. The summed E-state index contributed by atoms with van der Waals surface area (Å²) in [7, 11) is 0. The van der Waals surface area contributed by atoms with Crippen LogP contribution in [0.4, 0.5) is 0 Å². The summed E-state index contributed by atoms with van der Waals surface area (Å²) in [6.07, 6.45) is 1.57. The average Bonchev–Trinajstić information content (AvgIpc) is 2.86. The number of carbonyl (C=O) groups excluding carboxylic acids is 2. The van der Waals surface area contributed by atoms with Gasteiger partial charge in [-0.15, -0.1) is 0 Å². The van der Waals surface area contributed by atoms with Gasteiger partial charge in [0.15, 0.2) is 0 Å². The van der Waals surface area contributed by atoms with E-state index in [4.69, 9.17) is 4.74 Å². The van der Waals surface area contributed by atoms with Crippen molar-refractivity contribution in [1.29, 1.82) is 0 Å². The van der Waals surface area contributed by atoms with Crippen molar-refractivity contribution in [2.75, 3.05) is 0 Å². The first-order valence-corrected chi connectivity index (χ1v) is 6.45. The van der Waals surface area contributed by atoms with Crippen LogP contribution < -0.4 is 0 Å². The molecule has 0 amide bonds. The Morgan fingerprint density at radius 3 is 2.29 bits per heavy atom. The van der Waals surface area contributed by atoms with Crippen molar-refractivity contribution in [3.05, 3.63) is 77.0 Å². The van der Waals surface area contributed by atoms with Crippen LogP contribution in [0.2, 0.25) is 0 Å². The van der Waals surface area contributed by atoms with Gasteiger partial charge in [-0.25, -0.2) is 14.7 Å². The Balaban J connectivity index is 1.89. The number of esters is 1. The van der Waals surface area contributed by atoms with Gasteiger partial charge in [0.25, 0.3) is 0 Å². The van der Waals surface area contributed by atoms with Crippen LogP contribution in [0.25, 0.3) is 6.08 Å². The maximum atomic E-state index is 12.0. The van der Waals surface area contributed by atoms with Gasteiger partial charge in [-0.2, -0.15) is 0 Å². The van der Waals surface area contributed by atoms with E-state index in [-0.39, 0.29) is 5.76 Å². The van der Waals surface area contributed by atoms with Crippen LogP contribution >= 0.6 is 0 Å². The van der Waals surface area contributed by atoms with Crippen LogP contribution in [0.1, 0.15) is 27.4 Å². The Morgan fingerprint density at radius 2 is 1.57 bits per heavy atom. The monoisotopic (exact) mass is 279 g/mol. The summed E-state index contributed by atoms with van der Waals surface area (Å²) in [5.41, 5.74) is 1.67. The minimum atomic E-state index is -1.29. The molecule has 0 heterocycles. The van der Waals surface area contributed by atoms with Crippen LogP contribution in [-0.2, 0) is 14.6 Å². The summed E-state index contributed by atoms with van der Waals surface area (Å²) in [4.78, 5) is 23.4. The normalized spacial score (nSPS) is 16.0. The first-order chi connectivity index (χ1) is 10.2. The van der Waals surface area contributed by atoms with E-state index in [1.165, 1.54) is 0 Å². The zero-order valence-corrected chi connectivity index (χ0v) is 11.0. The molecule has 0 fully saturated rings. The number of fused-ring (bicyclic) bond motifs is 1. The van der Waals surface area contributed by atoms with Gasteiger partial charge in [0, 0.05) is 0 Å². The number of rotatable bonds is 3. The lowest BCUT2D eigenvalue weighted by molar-refractivity contribution is -0.144. The molecule has 0 bridgehead atoms. The maximum Gasteiger partial charge on any atom is 0.370 e. The van der Waals surface area contributed by atoms with E-state index in [0.717, 1.165) is 5.56 Å². The highest BCUT2D eigenvalue weighted by atomic mass is 16.5. The van der Waals surface area contributed by atoms with Crippen molar-refractivity contribution < 1.29 is 19.4 Å². The molecular formula is C17H11O4. The fraction of sp³-hybridized carbons (Fsp3) is 0.0588. The number of carbonyl (C=O) groups is 2. The molecule has 1 unspecified atom stereocenters. The summed E-state index contributed by atoms with van der Waals surface area (Å²) >= 11 is 0. The third-order valence-corrected chi connectivity index (χ3v) is 3.35. The molecule has 103 valence electrons. The molecule has 0 aliphatic heterocycles. The molecule has 1 aliphatic carbocycles. The molecule has 0 aromatic heterocycles. The van der Waals surface area contributed by atoms with Gasteiger partial charge in [0.05, 0.1) is 5.56 Å². The minimum Gasteiger partial charge on any atom is -0.426 e. The number of hydrogen-bond acceptors (Lipinski definition) is 3. The molecule has 4 heteroatoms. The SMILES string of the molecule is [O]C(=O)C1C(OC(=O)c2ccccc2)=Cc2ccccc21. The first kappa shape index (κ1) is 13.1. The summed E-state index contributed by atoms with van der Waals surface area (Å²) in [5.74, 6) is -2.83. The van der Waals surface area contributed by atoms with E-state index in [9.17, 15) is 14.7 Å². The molecule has 1 radical (unpaired) electrons. The second kappa shape index (κ2) is 5.25. The molecule has 3 rings (SSSR count). The lowest BCUT2D eigenvalue weighted by Crippen LogP contribution is -2.15. The lowest BCUT2D eigenvalue weighted by atomic mass is 10.0. The molecule has 1 aliphatic rings. The number of benzene rings is 2. The minimum absolute atomic E-state index is 0.0880. The Bertz CT molecular complexity index is 731. The van der Waals surface area contributed by atoms with Gasteiger partial charge in [0.2, 0.25) is 0 Å². The van der Waals surface area contributed by atoms with Crippen molar-refractivity contribution >= 4 is 18.0 Å². The lowest BCUT2D eigenvalue weighted by Gasteiger charge is -2.11. The van der Waals surface area contributed by atoms with E-state index in [2.05, 4.69) is 0 Å². The molecule has 2 aromatic rings. The maximum absolute atomic E-state index is 12.0. The third kappa shape index (κ3) is 2.43. The van der Waals surface area contributed by atoms with Crippen molar-refractivity contribution in [1.82, 2.24) is 0 Å². The molecule has 1 atom stereocenters.